The Morgan fingerprint density at radius 3 is 2.83 bits per heavy atom. The average Bonchev–Trinajstić information content (AvgIpc) is 2.35. The van der Waals surface area contributed by atoms with Crippen LogP contribution < -0.4 is 11.1 Å². The first-order valence-electron chi connectivity index (χ1n) is 5.20. The number of nitrogens with two attached hydrogens (primary N) is 1. The first-order valence-corrected chi connectivity index (χ1v) is 5.20. The lowest BCUT2D eigenvalue weighted by molar-refractivity contribution is -0.383. The molecule has 6 nitrogen and oxygen atoms in total. The second-order valence-electron chi connectivity index (χ2n) is 3.50. The number of halogens is 1. The van der Waals surface area contributed by atoms with E-state index in [9.17, 15) is 10.1 Å². The maximum absolute atomic E-state index is 10.9. The fraction of sp³-hybridized carbons (Fsp3) is 0.182. The summed E-state index contributed by atoms with van der Waals surface area (Å²) in [7, 11) is 0. The number of pyridine rings is 1. The predicted molar refractivity (Wildman–Crippen MR) is 73.2 cm³/mol. The van der Waals surface area contributed by atoms with Crippen LogP contribution in [0.15, 0.2) is 30.5 Å². The number of benzene rings is 1. The van der Waals surface area contributed by atoms with Crippen molar-refractivity contribution >= 4 is 34.7 Å². The Morgan fingerprint density at radius 2 is 2.17 bits per heavy atom. The van der Waals surface area contributed by atoms with Crippen molar-refractivity contribution in [1.82, 2.24) is 4.98 Å². The zero-order valence-electron chi connectivity index (χ0n) is 9.50. The van der Waals surface area contributed by atoms with Crippen LogP contribution in [0.1, 0.15) is 0 Å². The van der Waals surface area contributed by atoms with Crippen LogP contribution in [0, 0.1) is 10.1 Å². The minimum absolute atomic E-state index is 0. The molecule has 2 rings (SSSR count). The van der Waals surface area contributed by atoms with Crippen LogP contribution >= 0.6 is 12.4 Å². The summed E-state index contributed by atoms with van der Waals surface area (Å²) in [5.74, 6) is 0. The third kappa shape index (κ3) is 2.66. The van der Waals surface area contributed by atoms with E-state index < -0.39 is 4.92 Å². The second-order valence-corrected chi connectivity index (χ2v) is 3.50. The first-order chi connectivity index (χ1) is 8.24. The summed E-state index contributed by atoms with van der Waals surface area (Å²) in [6, 6.07) is 6.50. The minimum atomic E-state index is -0.406. The summed E-state index contributed by atoms with van der Waals surface area (Å²) in [6.07, 6.45) is 1.61. The summed E-state index contributed by atoms with van der Waals surface area (Å²) >= 11 is 0. The van der Waals surface area contributed by atoms with Gasteiger partial charge in [-0.25, -0.2) is 0 Å². The van der Waals surface area contributed by atoms with Gasteiger partial charge in [0.15, 0.2) is 0 Å². The highest BCUT2D eigenvalue weighted by atomic mass is 35.5. The zero-order valence-corrected chi connectivity index (χ0v) is 10.3. The highest BCUT2D eigenvalue weighted by Crippen LogP contribution is 2.29. The molecule has 0 fully saturated rings. The van der Waals surface area contributed by atoms with Crippen molar-refractivity contribution in [3.8, 4) is 0 Å². The fourth-order valence-electron chi connectivity index (χ4n) is 1.67. The molecule has 1 aromatic carbocycles. The van der Waals surface area contributed by atoms with Crippen LogP contribution in [0.2, 0.25) is 0 Å². The highest BCUT2D eigenvalue weighted by molar-refractivity contribution is 5.96. The summed E-state index contributed by atoms with van der Waals surface area (Å²) < 4.78 is 0. The Bertz CT molecular complexity index is 562. The van der Waals surface area contributed by atoms with Crippen LogP contribution in [0.25, 0.3) is 10.9 Å². The van der Waals surface area contributed by atoms with E-state index in [1.165, 1.54) is 6.07 Å². The van der Waals surface area contributed by atoms with Crippen LogP contribution in [0.3, 0.4) is 0 Å². The summed E-state index contributed by atoms with van der Waals surface area (Å²) in [5, 5.41) is 14.5. The number of rotatable bonds is 4. The van der Waals surface area contributed by atoms with Gasteiger partial charge < -0.3 is 11.1 Å². The number of anilines is 1. The Kier molecular flexibility index (Phi) is 4.82. The molecule has 0 saturated heterocycles. The molecular formula is C11H13ClN4O2. The van der Waals surface area contributed by atoms with E-state index in [0.29, 0.717) is 24.0 Å². The molecule has 96 valence electrons. The van der Waals surface area contributed by atoms with E-state index >= 15 is 0 Å². The molecule has 3 N–H and O–H groups in total. The van der Waals surface area contributed by atoms with Crippen LogP contribution in [-0.2, 0) is 0 Å². The van der Waals surface area contributed by atoms with Gasteiger partial charge in [-0.15, -0.1) is 12.4 Å². The number of fused-ring (bicyclic) bond motifs is 1. The van der Waals surface area contributed by atoms with Crippen molar-refractivity contribution in [3.05, 3.63) is 40.6 Å². The molecule has 7 heteroatoms. The lowest BCUT2D eigenvalue weighted by Gasteiger charge is -2.07. The van der Waals surface area contributed by atoms with Crippen molar-refractivity contribution < 1.29 is 4.92 Å². The Labute approximate surface area is 110 Å². The van der Waals surface area contributed by atoms with Gasteiger partial charge in [0.2, 0.25) is 0 Å². The third-order valence-electron chi connectivity index (χ3n) is 2.40. The maximum Gasteiger partial charge on any atom is 0.278 e. The molecular weight excluding hydrogens is 256 g/mol. The number of hydrogen-bond acceptors (Lipinski definition) is 5. The van der Waals surface area contributed by atoms with Crippen molar-refractivity contribution in [2.45, 2.75) is 0 Å². The van der Waals surface area contributed by atoms with Crippen LogP contribution in [0.4, 0.5) is 11.4 Å². The first kappa shape index (κ1) is 14.1. The number of hydrogen-bond donors (Lipinski definition) is 2. The van der Waals surface area contributed by atoms with E-state index in [1.807, 2.05) is 0 Å². The van der Waals surface area contributed by atoms with Crippen molar-refractivity contribution in [2.24, 2.45) is 5.73 Å². The molecule has 0 unspecified atom stereocenters. The van der Waals surface area contributed by atoms with Gasteiger partial charge in [0, 0.05) is 25.4 Å². The molecule has 0 spiro atoms. The standard InChI is InChI=1S/C11H12N4O2.ClH/c12-5-7-13-9-3-4-10(15(16)17)8-2-1-6-14-11(8)9;/h1-4,6,13H,5,7,12H2;1H. The lowest BCUT2D eigenvalue weighted by Crippen LogP contribution is -2.13. The number of nitrogens with one attached hydrogen (secondary N) is 1. The molecule has 1 aromatic heterocycles. The van der Waals surface area contributed by atoms with Gasteiger partial charge in [0.05, 0.1) is 16.0 Å². The molecule has 2 aromatic rings. The third-order valence-corrected chi connectivity index (χ3v) is 2.40. The van der Waals surface area contributed by atoms with Crippen molar-refractivity contribution in [3.63, 3.8) is 0 Å². The predicted octanol–water partition coefficient (Wildman–Crippen LogP) is 1.94. The molecule has 0 aliphatic heterocycles. The van der Waals surface area contributed by atoms with Crippen molar-refractivity contribution in [2.75, 3.05) is 18.4 Å². The largest absolute Gasteiger partial charge is 0.382 e. The van der Waals surface area contributed by atoms with Crippen LogP contribution in [-0.4, -0.2) is 23.0 Å². The summed E-state index contributed by atoms with van der Waals surface area (Å²) in [6.45, 7) is 1.09. The molecule has 1 heterocycles. The number of non-ortho nitro benzene ring substituents is 1. The Morgan fingerprint density at radius 1 is 1.39 bits per heavy atom. The fourth-order valence-corrected chi connectivity index (χ4v) is 1.67. The second kappa shape index (κ2) is 6.13. The van der Waals surface area contributed by atoms with Gasteiger partial charge in [0.25, 0.3) is 5.69 Å². The average molecular weight is 269 g/mol. The monoisotopic (exact) mass is 268 g/mol. The molecule has 0 bridgehead atoms. The summed E-state index contributed by atoms with van der Waals surface area (Å²) in [5.41, 5.74) is 6.82. The van der Waals surface area contributed by atoms with Gasteiger partial charge in [-0.3, -0.25) is 15.1 Å². The molecule has 0 radical (unpaired) electrons. The zero-order chi connectivity index (χ0) is 12.3. The lowest BCUT2D eigenvalue weighted by atomic mass is 10.1. The Balaban J connectivity index is 0.00000162. The van der Waals surface area contributed by atoms with Gasteiger partial charge in [-0.1, -0.05) is 0 Å². The quantitative estimate of drug-likeness (QED) is 0.653. The SMILES string of the molecule is Cl.NCCNc1ccc([N+](=O)[O-])c2cccnc12. The van der Waals surface area contributed by atoms with Gasteiger partial charge in [-0.05, 0) is 18.2 Å². The molecule has 0 aliphatic rings. The summed E-state index contributed by atoms with van der Waals surface area (Å²) in [4.78, 5) is 14.6. The van der Waals surface area contributed by atoms with Gasteiger partial charge in [0.1, 0.15) is 5.52 Å². The smallest absolute Gasteiger partial charge is 0.278 e. The van der Waals surface area contributed by atoms with Crippen LogP contribution in [0.5, 0.6) is 0 Å². The highest BCUT2D eigenvalue weighted by Gasteiger charge is 2.14. The van der Waals surface area contributed by atoms with E-state index in [2.05, 4.69) is 10.3 Å². The number of nitrogens with zero attached hydrogens (tertiary/aromatic N) is 2. The van der Waals surface area contributed by atoms with E-state index in [1.54, 1.807) is 24.4 Å². The normalized spacial score (nSPS) is 9.83. The molecule has 0 saturated carbocycles. The van der Waals surface area contributed by atoms with E-state index in [0.717, 1.165) is 5.69 Å². The number of nitro benzene ring substituents is 1. The van der Waals surface area contributed by atoms with Gasteiger partial charge in [-0.2, -0.15) is 0 Å². The topological polar surface area (TPSA) is 94.1 Å². The maximum atomic E-state index is 10.9. The van der Waals surface area contributed by atoms with Crippen molar-refractivity contribution in [1.29, 1.82) is 0 Å². The number of aromatic nitrogens is 1. The van der Waals surface area contributed by atoms with Gasteiger partial charge >= 0.3 is 0 Å². The van der Waals surface area contributed by atoms with E-state index in [-0.39, 0.29) is 18.1 Å². The minimum Gasteiger partial charge on any atom is -0.382 e. The molecule has 0 atom stereocenters. The number of nitro groups is 1. The molecule has 18 heavy (non-hydrogen) atoms. The molecule has 0 amide bonds. The molecule has 0 aliphatic carbocycles. The Hall–Kier alpha value is -1.92. The van der Waals surface area contributed by atoms with E-state index in [4.69, 9.17) is 5.73 Å².